The largest absolute Gasteiger partial charge is 0.379 e. The van der Waals surface area contributed by atoms with E-state index in [1.54, 1.807) is 43.3 Å². The molecule has 2 aromatic rings. The molecule has 0 spiro atoms. The summed E-state index contributed by atoms with van der Waals surface area (Å²) < 4.78 is 45.3. The number of morpholine rings is 1. The van der Waals surface area contributed by atoms with Crippen molar-refractivity contribution < 1.29 is 22.3 Å². The zero-order valence-electron chi connectivity index (χ0n) is 15.7. The number of nitrogens with one attached hydrogen (secondary N) is 1. The van der Waals surface area contributed by atoms with Crippen molar-refractivity contribution in [1.82, 2.24) is 4.31 Å². The topological polar surface area (TPSA) is 75.7 Å². The van der Waals surface area contributed by atoms with Crippen molar-refractivity contribution in [2.45, 2.75) is 24.7 Å². The number of ether oxygens (including phenoxy) is 1. The predicted molar refractivity (Wildman–Crippen MR) is 104 cm³/mol. The van der Waals surface area contributed by atoms with Crippen molar-refractivity contribution in [3.05, 3.63) is 59.4 Å². The molecule has 0 aliphatic carbocycles. The van der Waals surface area contributed by atoms with Crippen LogP contribution in [0.25, 0.3) is 0 Å². The van der Waals surface area contributed by atoms with Crippen molar-refractivity contribution in [3.63, 3.8) is 0 Å². The number of amides is 1. The molecule has 1 N–H and O–H groups in total. The fraction of sp³-hybridized carbons (Fsp3) is 0.350. The molecule has 0 bridgehead atoms. The molecule has 1 aliphatic heterocycles. The average Bonchev–Trinajstić information content (AvgIpc) is 2.70. The summed E-state index contributed by atoms with van der Waals surface area (Å²) in [5.74, 6) is -0.594. The monoisotopic (exact) mass is 406 g/mol. The second kappa shape index (κ2) is 8.81. The zero-order chi connectivity index (χ0) is 20.1. The van der Waals surface area contributed by atoms with E-state index in [0.717, 1.165) is 5.56 Å². The fourth-order valence-corrected chi connectivity index (χ4v) is 4.32. The highest BCUT2D eigenvalue weighted by Crippen LogP contribution is 2.19. The Labute approximate surface area is 164 Å². The van der Waals surface area contributed by atoms with Gasteiger partial charge in [0.1, 0.15) is 5.82 Å². The number of anilines is 1. The molecule has 0 radical (unpaired) electrons. The van der Waals surface area contributed by atoms with Gasteiger partial charge < -0.3 is 10.1 Å². The van der Waals surface area contributed by atoms with Gasteiger partial charge in [-0.2, -0.15) is 4.31 Å². The molecule has 1 saturated heterocycles. The van der Waals surface area contributed by atoms with Gasteiger partial charge >= 0.3 is 0 Å². The summed E-state index contributed by atoms with van der Waals surface area (Å²) in [5, 5.41) is 2.67. The Morgan fingerprint density at radius 3 is 2.46 bits per heavy atom. The van der Waals surface area contributed by atoms with Crippen LogP contribution in [0.4, 0.5) is 10.1 Å². The Morgan fingerprint density at radius 1 is 1.14 bits per heavy atom. The maximum absolute atomic E-state index is 13.5. The Morgan fingerprint density at radius 2 is 1.82 bits per heavy atom. The predicted octanol–water partition coefficient (Wildman–Crippen LogP) is 2.73. The third-order valence-electron chi connectivity index (χ3n) is 4.63. The molecule has 8 heteroatoms. The zero-order valence-corrected chi connectivity index (χ0v) is 16.5. The number of aryl methyl sites for hydroxylation is 2. The summed E-state index contributed by atoms with van der Waals surface area (Å²) in [4.78, 5) is 12.3. The molecule has 1 heterocycles. The van der Waals surface area contributed by atoms with Crippen LogP contribution in [0, 0.1) is 12.7 Å². The molecule has 1 fully saturated rings. The van der Waals surface area contributed by atoms with Gasteiger partial charge in [-0.3, -0.25) is 4.79 Å². The van der Waals surface area contributed by atoms with E-state index in [2.05, 4.69) is 5.32 Å². The standard InChI is InChI=1S/C20H23FN2O4S/c1-15-2-6-17(14-19(15)21)22-20(24)9-5-16-3-7-18(8-4-16)28(25,26)23-10-12-27-13-11-23/h2-4,6-8,14H,5,9-13H2,1H3,(H,22,24). The van der Waals surface area contributed by atoms with Gasteiger partial charge in [-0.25, -0.2) is 12.8 Å². The highest BCUT2D eigenvalue weighted by molar-refractivity contribution is 7.89. The van der Waals surface area contributed by atoms with Gasteiger partial charge in [0.15, 0.2) is 0 Å². The maximum atomic E-state index is 13.5. The van der Waals surface area contributed by atoms with E-state index >= 15 is 0 Å². The average molecular weight is 406 g/mol. The molecule has 1 amide bonds. The molecule has 0 saturated carbocycles. The van der Waals surface area contributed by atoms with Crippen LogP contribution < -0.4 is 5.32 Å². The summed E-state index contributed by atoms with van der Waals surface area (Å²) in [6.45, 7) is 3.16. The summed E-state index contributed by atoms with van der Waals surface area (Å²) in [6.07, 6.45) is 0.670. The summed E-state index contributed by atoms with van der Waals surface area (Å²) in [6, 6.07) is 11.1. The Kier molecular flexibility index (Phi) is 6.43. The molecule has 0 unspecified atom stereocenters. The van der Waals surface area contributed by atoms with Crippen LogP contribution in [-0.2, 0) is 26.0 Å². The van der Waals surface area contributed by atoms with E-state index in [9.17, 15) is 17.6 Å². The summed E-state index contributed by atoms with van der Waals surface area (Å²) >= 11 is 0. The van der Waals surface area contributed by atoms with Crippen LogP contribution in [0.5, 0.6) is 0 Å². The first-order valence-electron chi connectivity index (χ1n) is 9.09. The number of benzene rings is 2. The summed E-state index contributed by atoms with van der Waals surface area (Å²) in [7, 11) is -3.52. The maximum Gasteiger partial charge on any atom is 0.243 e. The minimum absolute atomic E-state index is 0.213. The van der Waals surface area contributed by atoms with E-state index < -0.39 is 10.0 Å². The number of halogens is 1. The Balaban J connectivity index is 1.56. The molecular formula is C20H23FN2O4S. The van der Waals surface area contributed by atoms with Gasteiger partial charge in [-0.1, -0.05) is 18.2 Å². The van der Waals surface area contributed by atoms with Gasteiger partial charge in [0, 0.05) is 25.2 Å². The summed E-state index contributed by atoms with van der Waals surface area (Å²) in [5.41, 5.74) is 1.79. The number of rotatable bonds is 6. The van der Waals surface area contributed by atoms with E-state index in [1.165, 1.54) is 10.4 Å². The molecule has 6 nitrogen and oxygen atoms in total. The number of hydrogen-bond acceptors (Lipinski definition) is 4. The molecule has 0 atom stereocenters. The number of nitrogens with zero attached hydrogens (tertiary/aromatic N) is 1. The number of hydrogen-bond donors (Lipinski definition) is 1. The minimum Gasteiger partial charge on any atom is -0.379 e. The first-order valence-corrected chi connectivity index (χ1v) is 10.5. The first kappa shape index (κ1) is 20.4. The quantitative estimate of drug-likeness (QED) is 0.800. The second-order valence-electron chi connectivity index (χ2n) is 6.67. The Bertz CT molecular complexity index is 939. The highest BCUT2D eigenvalue weighted by atomic mass is 32.2. The van der Waals surface area contributed by atoms with Gasteiger partial charge in [-0.15, -0.1) is 0 Å². The van der Waals surface area contributed by atoms with Crippen molar-refractivity contribution in [2.75, 3.05) is 31.6 Å². The Hall–Kier alpha value is -2.29. The SMILES string of the molecule is Cc1ccc(NC(=O)CCc2ccc(S(=O)(=O)N3CCOCC3)cc2)cc1F. The van der Waals surface area contributed by atoms with Crippen LogP contribution >= 0.6 is 0 Å². The molecule has 150 valence electrons. The van der Waals surface area contributed by atoms with E-state index in [-0.39, 0.29) is 23.0 Å². The van der Waals surface area contributed by atoms with Crippen LogP contribution in [0.1, 0.15) is 17.5 Å². The van der Waals surface area contributed by atoms with Crippen LogP contribution in [-0.4, -0.2) is 44.9 Å². The number of carbonyl (C=O) groups is 1. The lowest BCUT2D eigenvalue weighted by Crippen LogP contribution is -2.40. The van der Waals surface area contributed by atoms with Crippen molar-refractivity contribution in [3.8, 4) is 0 Å². The second-order valence-corrected chi connectivity index (χ2v) is 8.61. The highest BCUT2D eigenvalue weighted by Gasteiger charge is 2.26. The number of carbonyl (C=O) groups excluding carboxylic acids is 1. The van der Waals surface area contributed by atoms with Crippen molar-refractivity contribution in [1.29, 1.82) is 0 Å². The third-order valence-corrected chi connectivity index (χ3v) is 6.54. The van der Waals surface area contributed by atoms with Gasteiger partial charge in [0.25, 0.3) is 0 Å². The lowest BCUT2D eigenvalue weighted by atomic mass is 10.1. The third kappa shape index (κ3) is 4.95. The minimum atomic E-state index is -3.52. The van der Waals surface area contributed by atoms with E-state index in [1.807, 2.05) is 0 Å². The van der Waals surface area contributed by atoms with E-state index in [4.69, 9.17) is 4.74 Å². The molecular weight excluding hydrogens is 383 g/mol. The molecule has 3 rings (SSSR count). The fourth-order valence-electron chi connectivity index (χ4n) is 2.92. The van der Waals surface area contributed by atoms with Crippen molar-refractivity contribution in [2.24, 2.45) is 0 Å². The normalized spacial score (nSPS) is 15.4. The van der Waals surface area contributed by atoms with Crippen molar-refractivity contribution >= 4 is 21.6 Å². The van der Waals surface area contributed by atoms with Gasteiger partial charge in [0.2, 0.25) is 15.9 Å². The first-order chi connectivity index (χ1) is 13.4. The van der Waals surface area contributed by atoms with Crippen LogP contribution in [0.15, 0.2) is 47.4 Å². The van der Waals surface area contributed by atoms with Gasteiger partial charge in [-0.05, 0) is 48.7 Å². The van der Waals surface area contributed by atoms with E-state index in [0.29, 0.717) is 44.0 Å². The van der Waals surface area contributed by atoms with Gasteiger partial charge in [0.05, 0.1) is 18.1 Å². The molecule has 1 aliphatic rings. The lowest BCUT2D eigenvalue weighted by molar-refractivity contribution is -0.116. The van der Waals surface area contributed by atoms with Crippen LogP contribution in [0.2, 0.25) is 0 Å². The lowest BCUT2D eigenvalue weighted by Gasteiger charge is -2.26. The number of sulfonamides is 1. The molecule has 2 aromatic carbocycles. The molecule has 0 aromatic heterocycles. The molecule has 28 heavy (non-hydrogen) atoms. The van der Waals surface area contributed by atoms with Crippen LogP contribution in [0.3, 0.4) is 0 Å². The smallest absolute Gasteiger partial charge is 0.243 e.